The summed E-state index contributed by atoms with van der Waals surface area (Å²) in [6.07, 6.45) is 1.40. The summed E-state index contributed by atoms with van der Waals surface area (Å²) < 4.78 is 0. The van der Waals surface area contributed by atoms with E-state index in [9.17, 15) is 10.1 Å². The molecule has 1 heterocycles. The van der Waals surface area contributed by atoms with Gasteiger partial charge in [-0.2, -0.15) is 5.26 Å². The van der Waals surface area contributed by atoms with Crippen molar-refractivity contribution in [3.05, 3.63) is 0 Å². The first-order valence-electron chi connectivity index (χ1n) is 8.76. The Morgan fingerprint density at radius 1 is 1.36 bits per heavy atom. The fraction of sp³-hybridized carbons (Fsp3) is 0.750. The van der Waals surface area contributed by atoms with Crippen molar-refractivity contribution < 1.29 is 4.79 Å². The van der Waals surface area contributed by atoms with Crippen molar-refractivity contribution in [3.63, 3.8) is 0 Å². The highest BCUT2D eigenvalue weighted by atomic mass is 16.2. The van der Waals surface area contributed by atoms with E-state index in [-0.39, 0.29) is 11.9 Å². The molecule has 0 spiro atoms. The van der Waals surface area contributed by atoms with Crippen LogP contribution in [0.5, 0.6) is 0 Å². The molecule has 0 radical (unpaired) electrons. The van der Waals surface area contributed by atoms with Gasteiger partial charge in [0.15, 0.2) is 6.19 Å². The predicted molar refractivity (Wildman–Crippen MR) is 98.6 cm³/mol. The van der Waals surface area contributed by atoms with Gasteiger partial charge in [0.25, 0.3) is 0 Å². The number of nitrogens with zero attached hydrogens (tertiary/aromatic N) is 5. The number of nitrogens with one attached hydrogen (secondary N) is 3. The molecule has 1 amide bonds. The number of aliphatic imine (C=N–C) groups is 2. The maximum Gasteiger partial charge on any atom is 0.245 e. The van der Waals surface area contributed by atoms with Gasteiger partial charge in [0.1, 0.15) is 6.04 Å². The smallest absolute Gasteiger partial charge is 0.245 e. The maximum atomic E-state index is 12.6. The van der Waals surface area contributed by atoms with Crippen molar-refractivity contribution in [1.82, 2.24) is 25.8 Å². The molecule has 1 aliphatic rings. The van der Waals surface area contributed by atoms with Gasteiger partial charge >= 0.3 is 0 Å². The first-order chi connectivity index (χ1) is 11.9. The fourth-order valence-electron chi connectivity index (χ4n) is 2.45. The molecule has 2 unspecified atom stereocenters. The molecule has 1 rings (SSSR count). The lowest BCUT2D eigenvalue weighted by atomic mass is 10.2. The second-order valence-corrected chi connectivity index (χ2v) is 5.94. The largest absolute Gasteiger partial charge is 0.354 e. The number of amides is 1. The summed E-state index contributed by atoms with van der Waals surface area (Å²) in [4.78, 5) is 24.5. The summed E-state index contributed by atoms with van der Waals surface area (Å²) in [5, 5.41) is 18.9. The molecule has 0 fully saturated rings. The van der Waals surface area contributed by atoms with Gasteiger partial charge in [-0.3, -0.25) is 20.0 Å². The number of carbonyl (C=O) groups is 1. The summed E-state index contributed by atoms with van der Waals surface area (Å²) in [5.74, 6) is 0.941. The lowest BCUT2D eigenvalue weighted by molar-refractivity contribution is -0.135. The van der Waals surface area contributed by atoms with Crippen LogP contribution in [-0.2, 0) is 4.79 Å². The molecule has 0 saturated carbocycles. The Morgan fingerprint density at radius 2 is 2.00 bits per heavy atom. The molecule has 0 saturated heterocycles. The summed E-state index contributed by atoms with van der Waals surface area (Å²) in [7, 11) is 0. The Morgan fingerprint density at radius 3 is 2.48 bits per heavy atom. The second-order valence-electron chi connectivity index (χ2n) is 5.94. The van der Waals surface area contributed by atoms with E-state index < -0.39 is 12.3 Å². The Labute approximate surface area is 150 Å². The third-order valence-corrected chi connectivity index (χ3v) is 3.72. The molecular formula is C16H30N8O. The van der Waals surface area contributed by atoms with Gasteiger partial charge in [0.2, 0.25) is 24.1 Å². The van der Waals surface area contributed by atoms with Gasteiger partial charge in [-0.1, -0.05) is 0 Å². The van der Waals surface area contributed by atoms with Crippen LogP contribution in [0.15, 0.2) is 9.98 Å². The van der Waals surface area contributed by atoms with E-state index in [0.717, 1.165) is 0 Å². The quantitative estimate of drug-likeness (QED) is 0.448. The monoisotopic (exact) mass is 350 g/mol. The normalized spacial score (nSPS) is 19.4. The molecule has 0 aliphatic carbocycles. The van der Waals surface area contributed by atoms with Crippen LogP contribution in [0.4, 0.5) is 0 Å². The number of rotatable bonds is 7. The average molecular weight is 350 g/mol. The highest BCUT2D eigenvalue weighted by Gasteiger charge is 2.32. The van der Waals surface area contributed by atoms with Crippen molar-refractivity contribution in [3.8, 4) is 6.19 Å². The molecule has 0 aromatic heterocycles. The van der Waals surface area contributed by atoms with Crippen LogP contribution < -0.4 is 16.0 Å². The molecule has 2 atom stereocenters. The van der Waals surface area contributed by atoms with Crippen LogP contribution in [0.1, 0.15) is 41.5 Å². The summed E-state index contributed by atoms with van der Waals surface area (Å²) in [5.41, 5.74) is 0. The molecule has 0 aromatic rings. The first-order valence-corrected chi connectivity index (χ1v) is 8.76. The number of carbonyl (C=O) groups excluding carboxylic acids is 1. The van der Waals surface area contributed by atoms with Crippen molar-refractivity contribution in [1.29, 1.82) is 5.26 Å². The Balaban J connectivity index is 3.07. The van der Waals surface area contributed by atoms with Crippen LogP contribution in [0.3, 0.4) is 0 Å². The summed E-state index contributed by atoms with van der Waals surface area (Å²) in [6.45, 7) is 13.2. The van der Waals surface area contributed by atoms with E-state index in [4.69, 9.17) is 0 Å². The van der Waals surface area contributed by atoms with Gasteiger partial charge in [-0.25, -0.2) is 4.99 Å². The molecule has 1 aliphatic heterocycles. The van der Waals surface area contributed by atoms with Gasteiger partial charge in [0, 0.05) is 25.7 Å². The Kier molecular flexibility index (Phi) is 7.98. The number of hydrogen-bond acceptors (Lipinski definition) is 6. The zero-order chi connectivity index (χ0) is 19.0. The van der Waals surface area contributed by atoms with Gasteiger partial charge in [-0.05, 0) is 41.5 Å². The summed E-state index contributed by atoms with van der Waals surface area (Å²) >= 11 is 0. The summed E-state index contributed by atoms with van der Waals surface area (Å²) in [6, 6.07) is -0.467. The minimum atomic E-state index is -0.702. The predicted octanol–water partition coefficient (Wildman–Crippen LogP) is 0.233. The minimum absolute atomic E-state index is 0.102. The molecular weight excluding hydrogens is 320 g/mol. The molecule has 0 bridgehead atoms. The number of nitriles is 1. The zero-order valence-corrected chi connectivity index (χ0v) is 16.0. The third kappa shape index (κ3) is 5.52. The maximum absolute atomic E-state index is 12.6. The highest BCUT2D eigenvalue weighted by molar-refractivity contribution is 6.00. The van der Waals surface area contributed by atoms with E-state index in [1.54, 1.807) is 11.8 Å². The van der Waals surface area contributed by atoms with Gasteiger partial charge in [-0.15, -0.1) is 0 Å². The topological polar surface area (TPSA) is 108 Å². The van der Waals surface area contributed by atoms with Gasteiger partial charge < -0.3 is 15.5 Å². The van der Waals surface area contributed by atoms with E-state index in [0.29, 0.717) is 31.6 Å². The molecule has 25 heavy (non-hydrogen) atoms. The van der Waals surface area contributed by atoms with E-state index >= 15 is 0 Å². The van der Waals surface area contributed by atoms with Crippen LogP contribution >= 0.6 is 0 Å². The Bertz CT molecular complexity index is 547. The van der Waals surface area contributed by atoms with Crippen LogP contribution in [-0.4, -0.2) is 65.6 Å². The second kappa shape index (κ2) is 9.71. The van der Waals surface area contributed by atoms with Crippen LogP contribution in [0.25, 0.3) is 0 Å². The number of likely N-dealkylation sites (N-methyl/N-ethyl adjacent to an activating group) is 1. The minimum Gasteiger partial charge on any atom is -0.354 e. The van der Waals surface area contributed by atoms with E-state index in [1.807, 2.05) is 34.6 Å². The molecule has 9 nitrogen and oxygen atoms in total. The first kappa shape index (κ1) is 20.5. The third-order valence-electron chi connectivity index (χ3n) is 3.72. The van der Waals surface area contributed by atoms with Crippen LogP contribution in [0, 0.1) is 11.5 Å². The highest BCUT2D eigenvalue weighted by Crippen LogP contribution is 2.09. The number of guanidine groups is 2. The standard InChI is InChI=1S/C16H30N8O/c1-7-18-14-20-15(19-11(4)5)22-16(21-14)24(10-17)12(6)13(25)23(8-2)9-3/h11-12,16H,7-9H2,1-6H3,(H3,18,19,20,21,22). The molecule has 0 aromatic carbocycles. The zero-order valence-electron chi connectivity index (χ0n) is 16.0. The average Bonchev–Trinajstić information content (AvgIpc) is 2.56. The SMILES string of the molecule is CCN=C1NC(NC(C)C)=NC(N(C#N)C(C)C(=O)N(CC)CC)N1. The lowest BCUT2D eigenvalue weighted by Crippen LogP contribution is -2.62. The molecule has 9 heteroatoms. The fourth-order valence-corrected chi connectivity index (χ4v) is 2.45. The molecule has 140 valence electrons. The van der Waals surface area contributed by atoms with Crippen molar-refractivity contribution >= 4 is 17.8 Å². The van der Waals surface area contributed by atoms with Crippen LogP contribution in [0.2, 0.25) is 0 Å². The van der Waals surface area contributed by atoms with Crippen molar-refractivity contribution in [2.24, 2.45) is 9.98 Å². The lowest BCUT2D eigenvalue weighted by Gasteiger charge is -2.35. The van der Waals surface area contributed by atoms with Crippen molar-refractivity contribution in [2.75, 3.05) is 19.6 Å². The van der Waals surface area contributed by atoms with Gasteiger partial charge in [0.05, 0.1) is 0 Å². The van der Waals surface area contributed by atoms with E-state index in [1.165, 1.54) is 4.90 Å². The van der Waals surface area contributed by atoms with E-state index in [2.05, 4.69) is 32.1 Å². The van der Waals surface area contributed by atoms with Crippen molar-refractivity contribution in [2.45, 2.75) is 59.9 Å². The molecule has 3 N–H and O–H groups in total. The Hall–Kier alpha value is -2.50. The number of hydrogen-bond donors (Lipinski definition) is 3.